The van der Waals surface area contributed by atoms with Gasteiger partial charge < -0.3 is 0 Å². The maximum Gasteiger partial charge on any atom is 0.235 e. The molecule has 3 heteroatoms. The Bertz CT molecular complexity index is 2490. The molecule has 0 fully saturated rings. The molecule has 0 radical (unpaired) electrons. The van der Waals surface area contributed by atoms with E-state index in [2.05, 4.69) is 180 Å². The summed E-state index contributed by atoms with van der Waals surface area (Å²) in [6.45, 7) is 0. The number of hydrogen-bond donors (Lipinski definition) is 0. The van der Waals surface area contributed by atoms with Crippen LogP contribution in [0.15, 0.2) is 188 Å². The van der Waals surface area contributed by atoms with Gasteiger partial charge in [0.2, 0.25) is 5.95 Å². The number of nitrogens with zero attached hydrogens (tertiary/aromatic N) is 3. The van der Waals surface area contributed by atoms with Gasteiger partial charge in [0, 0.05) is 27.5 Å². The summed E-state index contributed by atoms with van der Waals surface area (Å²) in [5.41, 5.74) is 13.1. The van der Waals surface area contributed by atoms with Crippen molar-refractivity contribution in [3.05, 3.63) is 188 Å². The summed E-state index contributed by atoms with van der Waals surface area (Å²) in [6.07, 6.45) is 0. The third kappa shape index (κ3) is 5.28. The molecule has 0 saturated heterocycles. The van der Waals surface area contributed by atoms with Gasteiger partial charge in [-0.25, -0.2) is 9.97 Å². The summed E-state index contributed by atoms with van der Waals surface area (Å²) in [7, 11) is 0. The number of aromatic nitrogens is 3. The fourth-order valence-electron chi connectivity index (χ4n) is 6.84. The van der Waals surface area contributed by atoms with Crippen LogP contribution >= 0.6 is 0 Å². The Morgan fingerprint density at radius 3 is 1.31 bits per heavy atom. The van der Waals surface area contributed by atoms with Crippen LogP contribution in [0.3, 0.4) is 0 Å². The quantitative estimate of drug-likeness (QED) is 0.184. The summed E-state index contributed by atoms with van der Waals surface area (Å²) in [5.74, 6) is 0.647. The molecule has 0 aliphatic heterocycles. The van der Waals surface area contributed by atoms with Crippen LogP contribution in [-0.2, 0) is 0 Å². The molecule has 0 spiro atoms. The Morgan fingerprint density at radius 1 is 0.327 bits per heavy atom. The fourth-order valence-corrected chi connectivity index (χ4v) is 6.84. The molecular weight excluding hydrogens is 595 g/mol. The van der Waals surface area contributed by atoms with E-state index in [4.69, 9.17) is 9.97 Å². The highest BCUT2D eigenvalue weighted by Crippen LogP contribution is 2.39. The highest BCUT2D eigenvalue weighted by molar-refractivity contribution is 6.13. The number of fused-ring (bicyclic) bond motifs is 3. The monoisotopic (exact) mass is 625 g/mol. The van der Waals surface area contributed by atoms with Gasteiger partial charge in [-0.2, -0.15) is 0 Å². The normalized spacial score (nSPS) is 11.3. The van der Waals surface area contributed by atoms with Gasteiger partial charge in [0.1, 0.15) is 0 Å². The van der Waals surface area contributed by atoms with Crippen LogP contribution in [0.4, 0.5) is 0 Å². The topological polar surface area (TPSA) is 30.7 Å². The molecule has 49 heavy (non-hydrogen) atoms. The first-order valence-corrected chi connectivity index (χ1v) is 16.6. The summed E-state index contributed by atoms with van der Waals surface area (Å²) < 4.78 is 2.25. The van der Waals surface area contributed by atoms with Gasteiger partial charge in [-0.15, -0.1) is 0 Å². The van der Waals surface area contributed by atoms with E-state index < -0.39 is 0 Å². The number of benzene rings is 7. The van der Waals surface area contributed by atoms with E-state index >= 15 is 0 Å². The van der Waals surface area contributed by atoms with Crippen LogP contribution in [0, 0.1) is 0 Å². The minimum Gasteiger partial charge on any atom is -0.277 e. The van der Waals surface area contributed by atoms with Crippen LogP contribution in [0.25, 0.3) is 83.6 Å². The number of hydrogen-bond acceptors (Lipinski definition) is 2. The summed E-state index contributed by atoms with van der Waals surface area (Å²) >= 11 is 0. The first-order chi connectivity index (χ1) is 24.3. The van der Waals surface area contributed by atoms with Crippen molar-refractivity contribution < 1.29 is 0 Å². The van der Waals surface area contributed by atoms with Crippen LogP contribution in [-0.4, -0.2) is 14.5 Å². The van der Waals surface area contributed by atoms with Crippen LogP contribution in [0.5, 0.6) is 0 Å². The molecule has 2 heterocycles. The Balaban J connectivity index is 1.20. The molecule has 0 aliphatic rings. The average Bonchev–Trinajstić information content (AvgIpc) is 3.54. The maximum absolute atomic E-state index is 5.24. The van der Waals surface area contributed by atoms with Gasteiger partial charge >= 0.3 is 0 Å². The predicted molar refractivity (Wildman–Crippen MR) is 204 cm³/mol. The highest BCUT2D eigenvalue weighted by Gasteiger charge is 2.19. The standard InChI is InChI=1S/C46H31N3/c1-4-13-32(14-5-1)33-23-25-34(26-24-33)35-27-29-36(30-28-35)39-20-12-21-41-40-19-10-11-22-44(40)49(45(39)41)46-47-42(37-15-6-2-7-16-37)31-43(48-46)38-17-8-3-9-18-38/h1-31H. The van der Waals surface area contributed by atoms with Crippen LogP contribution in [0.1, 0.15) is 0 Å². The second kappa shape index (κ2) is 12.2. The van der Waals surface area contributed by atoms with E-state index in [1.807, 2.05) is 12.1 Å². The van der Waals surface area contributed by atoms with Gasteiger partial charge in [0.05, 0.1) is 22.4 Å². The van der Waals surface area contributed by atoms with Crippen molar-refractivity contribution >= 4 is 21.8 Å². The lowest BCUT2D eigenvalue weighted by Crippen LogP contribution is -2.04. The van der Waals surface area contributed by atoms with Crippen molar-refractivity contribution in [2.45, 2.75) is 0 Å². The van der Waals surface area contributed by atoms with Gasteiger partial charge in [-0.1, -0.05) is 176 Å². The lowest BCUT2D eigenvalue weighted by atomic mass is 9.97. The lowest BCUT2D eigenvalue weighted by molar-refractivity contribution is 0.996. The minimum atomic E-state index is 0.647. The second-order valence-electron chi connectivity index (χ2n) is 12.2. The van der Waals surface area contributed by atoms with Crippen molar-refractivity contribution in [2.24, 2.45) is 0 Å². The van der Waals surface area contributed by atoms with Crippen molar-refractivity contribution in [1.82, 2.24) is 14.5 Å². The van der Waals surface area contributed by atoms with Crippen molar-refractivity contribution in [3.63, 3.8) is 0 Å². The maximum atomic E-state index is 5.24. The van der Waals surface area contributed by atoms with E-state index in [1.165, 1.54) is 33.0 Å². The molecule has 0 atom stereocenters. The molecule has 0 unspecified atom stereocenters. The minimum absolute atomic E-state index is 0.647. The molecule has 0 N–H and O–H groups in total. The largest absolute Gasteiger partial charge is 0.277 e. The molecule has 9 aromatic rings. The molecule has 0 aliphatic carbocycles. The van der Waals surface area contributed by atoms with Crippen LogP contribution in [0.2, 0.25) is 0 Å². The first kappa shape index (κ1) is 28.6. The van der Waals surface area contributed by atoms with E-state index in [0.29, 0.717) is 5.95 Å². The Morgan fingerprint density at radius 2 is 0.755 bits per heavy atom. The summed E-state index contributed by atoms with van der Waals surface area (Å²) in [5, 5.41) is 2.34. The Kier molecular flexibility index (Phi) is 7.14. The van der Waals surface area contributed by atoms with Gasteiger partial charge in [0.15, 0.2) is 0 Å². The molecule has 0 amide bonds. The lowest BCUT2D eigenvalue weighted by Gasteiger charge is -2.14. The van der Waals surface area contributed by atoms with Crippen LogP contribution < -0.4 is 0 Å². The third-order valence-electron chi connectivity index (χ3n) is 9.27. The molecule has 2 aromatic heterocycles. The second-order valence-corrected chi connectivity index (χ2v) is 12.2. The fraction of sp³-hybridized carbons (Fsp3) is 0. The predicted octanol–water partition coefficient (Wildman–Crippen LogP) is 11.9. The number of rotatable bonds is 6. The average molecular weight is 626 g/mol. The molecule has 9 rings (SSSR count). The smallest absolute Gasteiger partial charge is 0.235 e. The zero-order chi connectivity index (χ0) is 32.6. The van der Waals surface area contributed by atoms with E-state index in [-0.39, 0.29) is 0 Å². The van der Waals surface area contributed by atoms with Crippen molar-refractivity contribution in [1.29, 1.82) is 0 Å². The van der Waals surface area contributed by atoms with Crippen molar-refractivity contribution in [3.8, 4) is 61.8 Å². The zero-order valence-corrected chi connectivity index (χ0v) is 26.7. The molecule has 0 bridgehead atoms. The van der Waals surface area contributed by atoms with Gasteiger partial charge in [-0.3, -0.25) is 4.57 Å². The zero-order valence-electron chi connectivity index (χ0n) is 26.7. The first-order valence-electron chi connectivity index (χ1n) is 16.6. The summed E-state index contributed by atoms with van der Waals surface area (Å²) in [4.78, 5) is 10.5. The molecular formula is C46H31N3. The van der Waals surface area contributed by atoms with E-state index in [9.17, 15) is 0 Å². The SMILES string of the molecule is c1ccc(-c2ccc(-c3ccc(-c4cccc5c6ccccc6n(-c6nc(-c7ccccc7)cc(-c7ccccc7)n6)c45)cc3)cc2)cc1. The van der Waals surface area contributed by atoms with E-state index in [0.717, 1.165) is 44.7 Å². The third-order valence-corrected chi connectivity index (χ3v) is 9.27. The van der Waals surface area contributed by atoms with Crippen molar-refractivity contribution in [2.75, 3.05) is 0 Å². The van der Waals surface area contributed by atoms with Gasteiger partial charge in [0.25, 0.3) is 0 Å². The van der Waals surface area contributed by atoms with Gasteiger partial charge in [-0.05, 0) is 39.9 Å². The molecule has 7 aromatic carbocycles. The number of para-hydroxylation sites is 2. The molecule has 3 nitrogen and oxygen atoms in total. The Labute approximate surface area is 285 Å². The molecule has 0 saturated carbocycles. The Hall–Kier alpha value is -6.58. The molecule has 230 valence electrons. The van der Waals surface area contributed by atoms with E-state index in [1.54, 1.807) is 0 Å². The highest BCUT2D eigenvalue weighted by atomic mass is 15.2. The summed E-state index contributed by atoms with van der Waals surface area (Å²) in [6, 6.07) is 66.2.